The maximum Gasteiger partial charge on any atom is 0.248 e. The van der Waals surface area contributed by atoms with E-state index in [1.807, 2.05) is 56.3 Å². The van der Waals surface area contributed by atoms with Gasteiger partial charge in [0.25, 0.3) is 0 Å². The van der Waals surface area contributed by atoms with E-state index < -0.39 is 11.3 Å². The van der Waals surface area contributed by atoms with Crippen molar-refractivity contribution in [3.8, 4) is 6.07 Å². The van der Waals surface area contributed by atoms with Crippen LogP contribution in [0.4, 0.5) is 5.69 Å². The molecule has 0 radical (unpaired) electrons. The number of hydrogen-bond donors (Lipinski definition) is 4. The molecule has 7 N–H and O–H groups in total. The van der Waals surface area contributed by atoms with Crippen LogP contribution in [0.1, 0.15) is 69.9 Å². The highest BCUT2D eigenvalue weighted by atomic mass is 16.2. The Morgan fingerprint density at radius 3 is 2.27 bits per heavy atom. The van der Waals surface area contributed by atoms with Gasteiger partial charge in [-0.05, 0) is 104 Å². The van der Waals surface area contributed by atoms with Crippen molar-refractivity contribution in [2.24, 2.45) is 22.2 Å². The Bertz CT molecular complexity index is 1640. The third kappa shape index (κ3) is 6.33. The van der Waals surface area contributed by atoms with Crippen LogP contribution in [0.25, 0.3) is 5.70 Å². The van der Waals surface area contributed by atoms with Crippen molar-refractivity contribution in [2.45, 2.75) is 63.5 Å². The molecule has 1 heterocycles. The van der Waals surface area contributed by atoms with Gasteiger partial charge in [-0.3, -0.25) is 9.59 Å². The first-order valence-corrected chi connectivity index (χ1v) is 15.4. The molecule has 2 unspecified atom stereocenters. The summed E-state index contributed by atoms with van der Waals surface area (Å²) in [6, 6.07) is 21.1. The molecule has 2 amide bonds. The molecule has 2 aliphatic rings. The third-order valence-electron chi connectivity index (χ3n) is 9.11. The van der Waals surface area contributed by atoms with Crippen molar-refractivity contribution in [1.29, 1.82) is 5.26 Å². The predicted octanol–water partition coefficient (Wildman–Crippen LogP) is 3.98. The average molecular weight is 604 g/mol. The summed E-state index contributed by atoms with van der Waals surface area (Å²) < 4.78 is 0. The Hall–Kier alpha value is -4.94. The fourth-order valence-corrected chi connectivity index (χ4v) is 6.75. The largest absolute Gasteiger partial charge is 0.399 e. The van der Waals surface area contributed by atoms with Crippen molar-refractivity contribution >= 4 is 29.0 Å². The van der Waals surface area contributed by atoms with Crippen LogP contribution < -0.4 is 22.5 Å². The van der Waals surface area contributed by atoms with Crippen LogP contribution >= 0.6 is 0 Å². The number of nitrogens with zero attached hydrogens (tertiary/aromatic N) is 3. The van der Waals surface area contributed by atoms with Crippen LogP contribution in [0.2, 0.25) is 0 Å². The molecule has 1 aliphatic carbocycles. The number of nitrogens with one attached hydrogen (secondary N) is 1. The summed E-state index contributed by atoms with van der Waals surface area (Å²) in [7, 11) is 0. The first-order valence-electron chi connectivity index (χ1n) is 15.4. The highest BCUT2D eigenvalue weighted by molar-refractivity contribution is 5.99. The predicted molar refractivity (Wildman–Crippen MR) is 178 cm³/mol. The van der Waals surface area contributed by atoms with Gasteiger partial charge in [-0.1, -0.05) is 42.5 Å². The summed E-state index contributed by atoms with van der Waals surface area (Å²) in [5.41, 5.74) is 25.5. The number of hydrogen-bond acceptors (Lipinski definition) is 6. The summed E-state index contributed by atoms with van der Waals surface area (Å²) in [6.07, 6.45) is 3.31. The van der Waals surface area contributed by atoms with Crippen LogP contribution in [-0.2, 0) is 23.1 Å². The summed E-state index contributed by atoms with van der Waals surface area (Å²) in [6.45, 7) is 8.67. The van der Waals surface area contributed by atoms with Crippen molar-refractivity contribution in [3.05, 3.63) is 106 Å². The van der Waals surface area contributed by atoms with Crippen molar-refractivity contribution in [2.75, 3.05) is 13.1 Å². The second-order valence-corrected chi connectivity index (χ2v) is 12.2. The van der Waals surface area contributed by atoms with Gasteiger partial charge >= 0.3 is 0 Å². The molecule has 3 aromatic rings. The van der Waals surface area contributed by atoms with Crippen LogP contribution in [0.3, 0.4) is 0 Å². The van der Waals surface area contributed by atoms with Gasteiger partial charge in [-0.15, -0.1) is 0 Å². The Morgan fingerprint density at radius 2 is 1.67 bits per heavy atom. The number of amidine groups is 1. The monoisotopic (exact) mass is 603 g/mol. The first-order chi connectivity index (χ1) is 21.5. The molecular weight excluding hydrogens is 562 g/mol. The average Bonchev–Trinajstić information content (AvgIpc) is 3.46. The first kappa shape index (κ1) is 31.5. The highest BCUT2D eigenvalue weighted by Gasteiger charge is 2.44. The van der Waals surface area contributed by atoms with Gasteiger partial charge in [-0.25, -0.2) is 4.99 Å². The summed E-state index contributed by atoms with van der Waals surface area (Å²) in [5.74, 6) is -0.203. The fourth-order valence-electron chi connectivity index (χ4n) is 6.75. The lowest BCUT2D eigenvalue weighted by Crippen LogP contribution is -2.49. The number of aryl methyl sites for hydroxylation is 3. The maximum absolute atomic E-state index is 13.1. The molecule has 1 fully saturated rings. The van der Waals surface area contributed by atoms with E-state index in [1.165, 1.54) is 0 Å². The molecular formula is C36H41N7O2. The van der Waals surface area contributed by atoms with Crippen LogP contribution in [0.5, 0.6) is 0 Å². The highest BCUT2D eigenvalue weighted by Crippen LogP contribution is 2.45. The molecule has 5 rings (SSSR count). The van der Waals surface area contributed by atoms with Crippen LogP contribution in [0, 0.1) is 18.3 Å². The quantitative estimate of drug-likeness (QED) is 0.213. The smallest absolute Gasteiger partial charge is 0.248 e. The van der Waals surface area contributed by atoms with E-state index in [9.17, 15) is 14.9 Å². The molecule has 0 aromatic heterocycles. The molecule has 45 heavy (non-hydrogen) atoms. The van der Waals surface area contributed by atoms with E-state index in [0.717, 1.165) is 45.5 Å². The zero-order chi connectivity index (χ0) is 32.3. The van der Waals surface area contributed by atoms with Crippen molar-refractivity contribution in [3.63, 3.8) is 0 Å². The molecule has 0 saturated carbocycles. The van der Waals surface area contributed by atoms with Gasteiger partial charge in [0.05, 0.1) is 23.7 Å². The summed E-state index contributed by atoms with van der Waals surface area (Å²) >= 11 is 0. The van der Waals surface area contributed by atoms with Gasteiger partial charge in [0.2, 0.25) is 11.8 Å². The Morgan fingerprint density at radius 1 is 1.04 bits per heavy atom. The van der Waals surface area contributed by atoms with E-state index >= 15 is 0 Å². The molecule has 1 saturated heterocycles. The normalized spacial score (nSPS) is 20.0. The van der Waals surface area contributed by atoms with E-state index in [2.05, 4.69) is 30.1 Å². The summed E-state index contributed by atoms with van der Waals surface area (Å²) in [5, 5.41) is 12.9. The lowest BCUT2D eigenvalue weighted by atomic mass is 9.67. The number of carbonyl (C=O) groups excluding carboxylic acids is 2. The van der Waals surface area contributed by atoms with E-state index in [-0.39, 0.29) is 24.5 Å². The molecule has 1 aliphatic heterocycles. The molecule has 0 spiro atoms. The number of rotatable bonds is 9. The number of primary amides is 1. The van der Waals surface area contributed by atoms with Crippen molar-refractivity contribution in [1.82, 2.24) is 10.2 Å². The minimum absolute atomic E-state index is 0.0939. The second kappa shape index (κ2) is 13.0. The number of fused-ring (bicyclic) bond motifs is 2. The van der Waals surface area contributed by atoms with Gasteiger partial charge in [-0.2, -0.15) is 5.26 Å². The SMILES string of the molecule is C=C(N)c1ccc2c(c1)CCc1cc(C(N)=O)ccc1C2(C[C@@H](C)NCC(=O)N1CCCC1C#N)C(N)=Nc1ccc(C)cc1. The number of likely N-dealkylation sites (tertiary alicyclic amines) is 1. The lowest BCUT2D eigenvalue weighted by molar-refractivity contribution is -0.130. The minimum atomic E-state index is -0.936. The zero-order valence-electron chi connectivity index (χ0n) is 26.0. The number of amides is 2. The fraction of sp³-hybridized carbons (Fsp3) is 0.333. The minimum Gasteiger partial charge on any atom is -0.399 e. The molecule has 3 atom stereocenters. The Balaban J connectivity index is 1.65. The number of benzene rings is 3. The number of carbonyl (C=O) groups is 2. The number of nitrogens with two attached hydrogens (primary N) is 3. The Labute approximate surface area is 264 Å². The third-order valence-corrected chi connectivity index (χ3v) is 9.11. The lowest BCUT2D eigenvalue weighted by Gasteiger charge is -2.38. The molecule has 3 aromatic carbocycles. The molecule has 0 bridgehead atoms. The standard InChI is InChI=1S/C36H41N7O2/c1-22-6-12-29(13-7-22)42-35(40)36(19-23(2)41-21-33(44)43-16-4-5-30(43)20-37)31-14-10-25(24(3)38)17-26(31)8-9-27-18-28(34(39)45)11-15-32(27)36/h6-7,10-15,17-18,23,30,41H,3-5,8-9,16,19,21,38H2,1-2H3,(H2,39,45)(H2,40,42)/t23-,30?,36?/m1/s1. The molecule has 9 nitrogen and oxygen atoms in total. The second-order valence-electron chi connectivity index (χ2n) is 12.2. The van der Waals surface area contributed by atoms with Crippen LogP contribution in [-0.4, -0.2) is 47.7 Å². The molecule has 9 heteroatoms. The molecule has 232 valence electrons. The van der Waals surface area contributed by atoms with Crippen LogP contribution in [0.15, 0.2) is 72.2 Å². The van der Waals surface area contributed by atoms with Gasteiger partial charge in [0, 0.05) is 23.8 Å². The van der Waals surface area contributed by atoms with Gasteiger partial charge in [0.1, 0.15) is 11.9 Å². The van der Waals surface area contributed by atoms with E-state index in [0.29, 0.717) is 49.3 Å². The van der Waals surface area contributed by atoms with Crippen molar-refractivity contribution < 1.29 is 9.59 Å². The van der Waals surface area contributed by atoms with Gasteiger partial charge in [0.15, 0.2) is 0 Å². The maximum atomic E-state index is 13.1. The summed E-state index contributed by atoms with van der Waals surface area (Å²) in [4.78, 5) is 32.0. The number of aliphatic imine (C=N–C) groups is 1. The van der Waals surface area contributed by atoms with E-state index in [1.54, 1.807) is 11.0 Å². The van der Waals surface area contributed by atoms with Gasteiger partial charge < -0.3 is 27.4 Å². The number of nitriles is 1. The van der Waals surface area contributed by atoms with E-state index in [4.69, 9.17) is 22.2 Å². The zero-order valence-corrected chi connectivity index (χ0v) is 26.0. The topological polar surface area (TPSA) is 164 Å². The Kier molecular flexibility index (Phi) is 9.07.